The van der Waals surface area contributed by atoms with Crippen LogP contribution >= 0.6 is 0 Å². The van der Waals surface area contributed by atoms with E-state index in [4.69, 9.17) is 9.47 Å². The molecule has 2 aliphatic heterocycles. The first-order valence-electron chi connectivity index (χ1n) is 11.8. The number of nitrogens with zero attached hydrogens (tertiary/aromatic N) is 1. The summed E-state index contributed by atoms with van der Waals surface area (Å²) in [7, 11) is -3.61. The van der Waals surface area contributed by atoms with Crippen LogP contribution in [0.1, 0.15) is 42.1 Å². The third-order valence-corrected chi connectivity index (χ3v) is 8.29. The van der Waals surface area contributed by atoms with Gasteiger partial charge in [0.15, 0.2) is 11.5 Å². The van der Waals surface area contributed by atoms with Crippen molar-refractivity contribution < 1.29 is 27.5 Å². The molecule has 0 aromatic heterocycles. The summed E-state index contributed by atoms with van der Waals surface area (Å²) >= 11 is 0. The second kappa shape index (κ2) is 10.7. The number of piperidine rings is 1. The Balaban J connectivity index is 1.46. The van der Waals surface area contributed by atoms with Crippen LogP contribution < -0.4 is 20.1 Å². The number of aryl methyl sites for hydroxylation is 1. The maximum atomic E-state index is 13.1. The van der Waals surface area contributed by atoms with Gasteiger partial charge in [-0.1, -0.05) is 24.6 Å². The molecule has 0 spiro atoms. The van der Waals surface area contributed by atoms with Crippen molar-refractivity contribution in [1.29, 1.82) is 0 Å². The lowest BCUT2D eigenvalue weighted by Crippen LogP contribution is -2.53. The highest BCUT2D eigenvalue weighted by Gasteiger charge is 2.36. The van der Waals surface area contributed by atoms with Crippen LogP contribution in [0, 0.1) is 12.8 Å². The highest BCUT2D eigenvalue weighted by atomic mass is 32.2. The topological polar surface area (TPSA) is 114 Å². The van der Waals surface area contributed by atoms with Crippen molar-refractivity contribution in [3.05, 3.63) is 53.6 Å². The van der Waals surface area contributed by atoms with Crippen molar-refractivity contribution in [3.8, 4) is 11.5 Å². The molecule has 1 atom stereocenters. The van der Waals surface area contributed by atoms with Crippen LogP contribution in [0.2, 0.25) is 0 Å². The van der Waals surface area contributed by atoms with Crippen LogP contribution in [-0.2, 0) is 14.8 Å². The van der Waals surface area contributed by atoms with Gasteiger partial charge in [0.05, 0.1) is 4.90 Å². The lowest BCUT2D eigenvalue weighted by molar-refractivity contribution is -0.124. The summed E-state index contributed by atoms with van der Waals surface area (Å²) in [4.78, 5) is 26.3. The first-order chi connectivity index (χ1) is 16.8. The Morgan fingerprint density at radius 1 is 1.06 bits per heavy atom. The zero-order valence-electron chi connectivity index (χ0n) is 20.0. The van der Waals surface area contributed by atoms with Gasteiger partial charge >= 0.3 is 0 Å². The van der Waals surface area contributed by atoms with Gasteiger partial charge in [0.1, 0.15) is 6.04 Å². The van der Waals surface area contributed by atoms with E-state index in [9.17, 15) is 18.0 Å². The number of rotatable bonds is 8. The number of carbonyl (C=O) groups excluding carboxylic acids is 2. The molecule has 0 radical (unpaired) electrons. The SMILES string of the molecule is CCCNC(=O)C(NC(=O)c1ccc2c(c1)OCO2)C1CCN(S(=O)(=O)c2ccc(C)cc2)CC1. The van der Waals surface area contributed by atoms with E-state index in [0.717, 1.165) is 12.0 Å². The molecule has 1 saturated heterocycles. The van der Waals surface area contributed by atoms with Crippen molar-refractivity contribution in [2.75, 3.05) is 26.4 Å². The normalized spacial score (nSPS) is 17.1. The van der Waals surface area contributed by atoms with Gasteiger partial charge in [-0.15, -0.1) is 0 Å². The van der Waals surface area contributed by atoms with E-state index in [1.165, 1.54) is 4.31 Å². The average Bonchev–Trinajstić information content (AvgIpc) is 3.34. The monoisotopic (exact) mass is 501 g/mol. The van der Waals surface area contributed by atoms with Gasteiger partial charge in [0, 0.05) is 25.2 Å². The molecule has 9 nitrogen and oxygen atoms in total. The first kappa shape index (κ1) is 25.0. The van der Waals surface area contributed by atoms with E-state index in [0.29, 0.717) is 36.4 Å². The quantitative estimate of drug-likeness (QED) is 0.574. The van der Waals surface area contributed by atoms with Crippen LogP contribution in [0.4, 0.5) is 0 Å². The molecule has 1 fully saturated rings. The molecule has 0 aliphatic carbocycles. The molecule has 35 heavy (non-hydrogen) atoms. The summed E-state index contributed by atoms with van der Waals surface area (Å²) in [6.45, 7) is 5.01. The van der Waals surface area contributed by atoms with E-state index in [-0.39, 0.29) is 36.6 Å². The second-order valence-electron chi connectivity index (χ2n) is 8.86. The smallest absolute Gasteiger partial charge is 0.252 e. The van der Waals surface area contributed by atoms with Crippen molar-refractivity contribution >= 4 is 21.8 Å². The summed E-state index contributed by atoms with van der Waals surface area (Å²) in [5.74, 6) is 0.199. The van der Waals surface area contributed by atoms with Crippen LogP contribution in [0.25, 0.3) is 0 Å². The van der Waals surface area contributed by atoms with Gasteiger partial charge in [-0.05, 0) is 62.4 Å². The van der Waals surface area contributed by atoms with E-state index in [2.05, 4.69) is 10.6 Å². The fourth-order valence-corrected chi connectivity index (χ4v) is 5.80. The third kappa shape index (κ3) is 5.59. The lowest BCUT2D eigenvalue weighted by Gasteiger charge is -2.35. The van der Waals surface area contributed by atoms with Gasteiger partial charge in [0.2, 0.25) is 22.7 Å². The highest BCUT2D eigenvalue weighted by Crippen LogP contribution is 2.33. The molecule has 2 aliphatic rings. The fraction of sp³-hybridized carbons (Fsp3) is 0.440. The van der Waals surface area contributed by atoms with Crippen molar-refractivity contribution in [2.24, 2.45) is 5.92 Å². The number of carbonyl (C=O) groups is 2. The van der Waals surface area contributed by atoms with Gasteiger partial charge in [0.25, 0.3) is 5.91 Å². The number of ether oxygens (including phenoxy) is 2. The first-order valence-corrected chi connectivity index (χ1v) is 13.3. The van der Waals surface area contributed by atoms with Crippen LogP contribution in [0.3, 0.4) is 0 Å². The molecule has 2 N–H and O–H groups in total. The standard InChI is InChI=1S/C25H31N3O6S/c1-3-12-26-25(30)23(27-24(29)19-6-9-21-22(15-19)34-16-33-21)18-10-13-28(14-11-18)35(31,32)20-7-4-17(2)5-8-20/h4-9,15,18,23H,3,10-14,16H2,1-2H3,(H,26,30)(H,27,29). The molecule has 4 rings (SSSR count). The molecule has 0 bridgehead atoms. The fourth-order valence-electron chi connectivity index (χ4n) is 4.33. The summed E-state index contributed by atoms with van der Waals surface area (Å²) in [6, 6.07) is 10.9. The zero-order chi connectivity index (χ0) is 25.0. The van der Waals surface area contributed by atoms with Gasteiger partial charge in [-0.2, -0.15) is 4.31 Å². The molecule has 1 unspecified atom stereocenters. The number of fused-ring (bicyclic) bond motifs is 1. The van der Waals surface area contributed by atoms with Crippen LogP contribution in [-0.4, -0.2) is 57.0 Å². The van der Waals surface area contributed by atoms with Crippen LogP contribution in [0.5, 0.6) is 11.5 Å². The van der Waals surface area contributed by atoms with E-state index in [1.807, 2.05) is 13.8 Å². The summed E-state index contributed by atoms with van der Waals surface area (Å²) < 4.78 is 38.2. The average molecular weight is 502 g/mol. The predicted molar refractivity (Wildman–Crippen MR) is 130 cm³/mol. The van der Waals surface area contributed by atoms with Gasteiger partial charge < -0.3 is 20.1 Å². The number of nitrogens with one attached hydrogen (secondary N) is 2. The minimum absolute atomic E-state index is 0.104. The van der Waals surface area contributed by atoms with E-state index >= 15 is 0 Å². The molecule has 2 amide bonds. The minimum atomic E-state index is -3.61. The summed E-state index contributed by atoms with van der Waals surface area (Å²) in [5, 5.41) is 5.75. The van der Waals surface area contributed by atoms with Crippen molar-refractivity contribution in [1.82, 2.24) is 14.9 Å². The minimum Gasteiger partial charge on any atom is -0.454 e. The zero-order valence-corrected chi connectivity index (χ0v) is 20.8. The summed E-state index contributed by atoms with van der Waals surface area (Å²) in [6.07, 6.45) is 1.68. The number of benzene rings is 2. The largest absolute Gasteiger partial charge is 0.454 e. The Morgan fingerprint density at radius 3 is 2.43 bits per heavy atom. The molecule has 2 aromatic carbocycles. The van der Waals surface area contributed by atoms with Gasteiger partial charge in [-0.25, -0.2) is 8.42 Å². The molecule has 2 heterocycles. The summed E-state index contributed by atoms with van der Waals surface area (Å²) in [5.41, 5.74) is 1.35. The van der Waals surface area contributed by atoms with E-state index in [1.54, 1.807) is 42.5 Å². The number of hydrogen-bond donors (Lipinski definition) is 2. The molecule has 2 aromatic rings. The molecule has 0 saturated carbocycles. The molecule has 188 valence electrons. The number of hydrogen-bond acceptors (Lipinski definition) is 6. The van der Waals surface area contributed by atoms with Crippen LogP contribution in [0.15, 0.2) is 47.4 Å². The molecular formula is C25H31N3O6S. The Hall–Kier alpha value is -3.11. The van der Waals surface area contributed by atoms with Crippen molar-refractivity contribution in [3.63, 3.8) is 0 Å². The Kier molecular flexibility index (Phi) is 7.61. The molecular weight excluding hydrogens is 470 g/mol. The Bertz CT molecular complexity index is 1170. The van der Waals surface area contributed by atoms with E-state index < -0.39 is 22.0 Å². The maximum absolute atomic E-state index is 13.1. The number of sulfonamides is 1. The maximum Gasteiger partial charge on any atom is 0.252 e. The third-order valence-electron chi connectivity index (χ3n) is 6.38. The lowest BCUT2D eigenvalue weighted by atomic mass is 9.89. The second-order valence-corrected chi connectivity index (χ2v) is 10.8. The van der Waals surface area contributed by atoms with Gasteiger partial charge in [-0.3, -0.25) is 9.59 Å². The Labute approximate surface area is 205 Å². The Morgan fingerprint density at radius 2 is 1.74 bits per heavy atom. The van der Waals surface area contributed by atoms with Crippen molar-refractivity contribution in [2.45, 2.75) is 44.0 Å². The number of amides is 2. The highest BCUT2D eigenvalue weighted by molar-refractivity contribution is 7.89. The predicted octanol–water partition coefficient (Wildman–Crippen LogP) is 2.45. The molecule has 10 heteroatoms.